The highest BCUT2D eigenvalue weighted by molar-refractivity contribution is 6.00. The fraction of sp³-hybridized carbons (Fsp3) is 0.500. The van der Waals surface area contributed by atoms with Gasteiger partial charge < -0.3 is 15.6 Å². The van der Waals surface area contributed by atoms with Crippen LogP contribution < -0.4 is 4.73 Å². The Hall–Kier alpha value is -1.72. The predicted molar refractivity (Wildman–Crippen MR) is 46.6 cm³/mol. The van der Waals surface area contributed by atoms with Crippen molar-refractivity contribution in [2.75, 3.05) is 0 Å². The van der Waals surface area contributed by atoms with E-state index in [0.717, 1.165) is 11.2 Å². The molecule has 6 heteroatoms. The summed E-state index contributed by atoms with van der Waals surface area (Å²) in [4.78, 5) is 0. The largest absolute Gasteiger partial charge is 0.710 e. The van der Waals surface area contributed by atoms with E-state index < -0.39 is 0 Å². The molecule has 0 unspecified atom stereocenters. The molecule has 0 amide bonds. The first kappa shape index (κ1) is 8.86. The highest BCUT2D eigenvalue weighted by Gasteiger charge is 2.32. The molecule has 0 saturated carbocycles. The number of aromatic nitrogens is 2. The molecule has 6 nitrogen and oxygen atoms in total. The van der Waals surface area contributed by atoms with Crippen LogP contribution in [0, 0.1) is 12.1 Å². The van der Waals surface area contributed by atoms with E-state index in [0.29, 0.717) is 34.7 Å². The molecule has 2 N–H and O–H groups in total. The van der Waals surface area contributed by atoms with Crippen molar-refractivity contribution in [2.45, 2.75) is 26.2 Å². The van der Waals surface area contributed by atoms with E-state index in [9.17, 15) is 10.4 Å². The average molecular weight is 197 g/mol. The fourth-order valence-electron chi connectivity index (χ4n) is 1.81. The Morgan fingerprint density at radius 1 is 1.50 bits per heavy atom. The summed E-state index contributed by atoms with van der Waals surface area (Å²) in [5.74, 6) is 0.193. The Morgan fingerprint density at radius 2 is 2.21 bits per heavy atom. The predicted octanol–water partition coefficient (Wildman–Crippen LogP) is 0.182. The number of imidazole rings is 1. The smallest absolute Gasteiger partial charge is 0.297 e. The molecule has 1 aliphatic rings. The van der Waals surface area contributed by atoms with Crippen LogP contribution in [0.25, 0.3) is 0 Å². The molecule has 0 bridgehead atoms. The lowest BCUT2D eigenvalue weighted by Crippen LogP contribution is -2.34. The Bertz CT molecular complexity index is 408. The molecule has 0 fully saturated rings. The maximum absolute atomic E-state index is 11.5. The van der Waals surface area contributed by atoms with Crippen LogP contribution in [0.3, 0.4) is 0 Å². The molecule has 0 atom stereocenters. The number of nitrogens with zero attached hydrogens (tertiary/aromatic N) is 3. The number of hydrogen-bond acceptors (Lipinski definition) is 4. The number of fused-ring (bicyclic) bond motifs is 1. The summed E-state index contributed by atoms with van der Waals surface area (Å²) < 4.78 is 1.47. The van der Waals surface area contributed by atoms with Gasteiger partial charge in [-0.25, -0.2) is 4.73 Å². The van der Waals surface area contributed by atoms with Crippen LogP contribution in [0.15, 0.2) is 5.16 Å². The molecule has 76 valence electrons. The number of hydrogen-bond donors (Lipinski definition) is 2. The summed E-state index contributed by atoms with van der Waals surface area (Å²) in [5.41, 5.74) is 1.18. The van der Waals surface area contributed by atoms with Gasteiger partial charge >= 0.3 is 0 Å². The Labute approximate surface area is 80.2 Å². The van der Waals surface area contributed by atoms with Gasteiger partial charge in [-0.15, -0.1) is 0 Å². The third-order valence-corrected chi connectivity index (χ3v) is 2.55. The van der Waals surface area contributed by atoms with Crippen LogP contribution in [0.2, 0.25) is 0 Å². The van der Waals surface area contributed by atoms with Crippen molar-refractivity contribution in [3.05, 3.63) is 22.4 Å². The van der Waals surface area contributed by atoms with Crippen molar-refractivity contribution < 1.29 is 15.1 Å². The van der Waals surface area contributed by atoms with Crippen molar-refractivity contribution in [2.24, 2.45) is 5.16 Å². The van der Waals surface area contributed by atoms with Gasteiger partial charge in [0.2, 0.25) is 5.69 Å². The zero-order valence-corrected chi connectivity index (χ0v) is 7.77. The molecule has 1 aromatic heterocycles. The lowest BCUT2D eigenvalue weighted by molar-refractivity contribution is -0.621. The second-order valence-electron chi connectivity index (χ2n) is 3.35. The van der Waals surface area contributed by atoms with E-state index in [1.54, 1.807) is 0 Å². The lowest BCUT2D eigenvalue weighted by atomic mass is 9.99. The minimum atomic E-state index is 0.193. The summed E-state index contributed by atoms with van der Waals surface area (Å²) in [5, 5.41) is 32.9. The average Bonchev–Trinajstić information content (AvgIpc) is 2.44. The Morgan fingerprint density at radius 3 is 2.86 bits per heavy atom. The van der Waals surface area contributed by atoms with Crippen molar-refractivity contribution in [3.63, 3.8) is 0 Å². The van der Waals surface area contributed by atoms with Gasteiger partial charge in [0.15, 0.2) is 5.69 Å². The highest BCUT2D eigenvalue weighted by atomic mass is 16.5. The molecule has 1 aromatic rings. The first-order valence-electron chi connectivity index (χ1n) is 4.41. The van der Waals surface area contributed by atoms with Gasteiger partial charge in [0.1, 0.15) is 5.71 Å². The lowest BCUT2D eigenvalue weighted by Gasteiger charge is -2.10. The van der Waals surface area contributed by atoms with Gasteiger partial charge in [-0.3, -0.25) is 0 Å². The zero-order chi connectivity index (χ0) is 10.3. The molecule has 1 heterocycles. The van der Waals surface area contributed by atoms with Gasteiger partial charge in [0, 0.05) is 13.3 Å². The maximum atomic E-state index is 11.5. The monoisotopic (exact) mass is 197 g/mol. The molecular formula is C8H11N3O3. The fourth-order valence-corrected chi connectivity index (χ4v) is 1.81. The minimum Gasteiger partial charge on any atom is -0.710 e. The van der Waals surface area contributed by atoms with E-state index in [-0.39, 0.29) is 5.82 Å². The van der Waals surface area contributed by atoms with Crippen molar-refractivity contribution in [3.8, 4) is 0 Å². The quantitative estimate of drug-likeness (QED) is 0.204. The molecular weight excluding hydrogens is 186 g/mol. The van der Waals surface area contributed by atoms with E-state index >= 15 is 0 Å². The Balaban J connectivity index is 2.69. The molecule has 14 heavy (non-hydrogen) atoms. The first-order valence-corrected chi connectivity index (χ1v) is 4.41. The summed E-state index contributed by atoms with van der Waals surface area (Å²) in [6, 6.07) is 0. The van der Waals surface area contributed by atoms with Crippen molar-refractivity contribution in [1.29, 1.82) is 0 Å². The van der Waals surface area contributed by atoms with Gasteiger partial charge in [0.25, 0.3) is 5.82 Å². The SMILES string of the molecule is Cc1n(O)c2c([n+]1[O-])CCCC2=NO. The van der Waals surface area contributed by atoms with Crippen LogP contribution in [0.1, 0.15) is 30.1 Å². The zero-order valence-electron chi connectivity index (χ0n) is 7.77. The standard InChI is InChI=1S/C8H11N3O3/c1-5-10(13)7-4-2-3-6(9-12)8(7)11(5)14/h12,14H,2-4H2,1H3. The molecule has 1 aliphatic carbocycles. The van der Waals surface area contributed by atoms with Crippen LogP contribution in [-0.4, -0.2) is 20.9 Å². The Kier molecular flexibility index (Phi) is 1.83. The molecule has 0 radical (unpaired) electrons. The number of rotatable bonds is 0. The van der Waals surface area contributed by atoms with E-state index in [1.807, 2.05) is 0 Å². The topological polar surface area (TPSA) is 84.7 Å². The normalized spacial score (nSPS) is 18.5. The van der Waals surface area contributed by atoms with Gasteiger partial charge in [-0.05, 0) is 17.6 Å². The molecule has 0 aromatic carbocycles. The summed E-state index contributed by atoms with van der Waals surface area (Å²) in [6.45, 7) is 1.51. The van der Waals surface area contributed by atoms with Crippen LogP contribution in [0.4, 0.5) is 0 Å². The van der Waals surface area contributed by atoms with Crippen molar-refractivity contribution >= 4 is 5.71 Å². The third-order valence-electron chi connectivity index (χ3n) is 2.55. The van der Waals surface area contributed by atoms with Crippen LogP contribution in [-0.2, 0) is 6.42 Å². The summed E-state index contributed by atoms with van der Waals surface area (Å²) in [7, 11) is 0. The molecule has 0 spiro atoms. The van der Waals surface area contributed by atoms with Crippen molar-refractivity contribution in [1.82, 2.24) is 4.73 Å². The highest BCUT2D eigenvalue weighted by Crippen LogP contribution is 2.20. The van der Waals surface area contributed by atoms with Gasteiger partial charge in [-0.1, -0.05) is 5.16 Å². The number of oxime groups is 1. The summed E-state index contributed by atoms with van der Waals surface area (Å²) >= 11 is 0. The minimum absolute atomic E-state index is 0.193. The second kappa shape index (κ2) is 2.90. The molecule has 2 rings (SSSR count). The first-order chi connectivity index (χ1) is 6.66. The van der Waals surface area contributed by atoms with Gasteiger partial charge in [0.05, 0.1) is 0 Å². The summed E-state index contributed by atoms with van der Waals surface area (Å²) in [6.07, 6.45) is 1.94. The van der Waals surface area contributed by atoms with E-state index in [1.165, 1.54) is 6.92 Å². The third kappa shape index (κ3) is 0.966. The second-order valence-corrected chi connectivity index (χ2v) is 3.35. The van der Waals surface area contributed by atoms with Crippen LogP contribution >= 0.6 is 0 Å². The van der Waals surface area contributed by atoms with Crippen LogP contribution in [0.5, 0.6) is 0 Å². The van der Waals surface area contributed by atoms with E-state index in [2.05, 4.69) is 5.16 Å². The maximum Gasteiger partial charge on any atom is 0.297 e. The molecule has 0 saturated heterocycles. The van der Waals surface area contributed by atoms with Gasteiger partial charge in [-0.2, -0.15) is 0 Å². The molecule has 0 aliphatic heterocycles. The van der Waals surface area contributed by atoms with E-state index in [4.69, 9.17) is 5.21 Å².